The van der Waals surface area contributed by atoms with Crippen molar-refractivity contribution in [2.24, 2.45) is 0 Å². The lowest BCUT2D eigenvalue weighted by Crippen LogP contribution is -2.37. The van der Waals surface area contributed by atoms with Gasteiger partial charge in [-0.2, -0.15) is 30.7 Å². The fraction of sp³-hybridized carbons (Fsp3) is 0.500. The lowest BCUT2D eigenvalue weighted by molar-refractivity contribution is -0.299. The summed E-state index contributed by atoms with van der Waals surface area (Å²) in [6.07, 6.45) is -8.55. The summed E-state index contributed by atoms with van der Waals surface area (Å²) in [7, 11) is 0. The average molecular weight is 324 g/mol. The second kappa shape index (κ2) is 3.88. The number of hydrogen-bond donors (Lipinski definition) is 0. The highest BCUT2D eigenvalue weighted by Crippen LogP contribution is 2.42. The molecule has 0 aliphatic carbocycles. The molecule has 9 heteroatoms. The Hall–Kier alpha value is -0.220. The molecule has 0 aromatic heterocycles. The van der Waals surface area contributed by atoms with E-state index >= 15 is 0 Å². The Morgan fingerprint density at radius 3 is 1.62 bits per heavy atom. The molecule has 1 nitrogen and oxygen atoms in total. The lowest BCUT2D eigenvalue weighted by atomic mass is 10.6. The van der Waals surface area contributed by atoms with E-state index in [9.17, 15) is 30.7 Å². The van der Waals surface area contributed by atoms with Crippen LogP contribution < -0.4 is 0 Å². The second-order valence-corrected chi connectivity index (χ2v) is 3.01. The van der Waals surface area contributed by atoms with Gasteiger partial charge in [0.2, 0.25) is 0 Å². The SMILES string of the molecule is FC(F)=C(F)OC(F)(F)C(F)(F)I. The normalized spacial score (nSPS) is 12.6. The van der Waals surface area contributed by atoms with Gasteiger partial charge in [-0.25, -0.2) is 0 Å². The molecule has 0 atom stereocenters. The molecule has 0 aliphatic rings. The molecule has 0 spiro atoms. The molecule has 0 saturated heterocycles. The Bertz CT molecular complexity index is 215. The Labute approximate surface area is 80.7 Å². The molecule has 0 N–H and O–H groups in total. The summed E-state index contributed by atoms with van der Waals surface area (Å²) in [6, 6.07) is -3.03. The zero-order valence-corrected chi connectivity index (χ0v) is 7.59. The zero-order chi connectivity index (χ0) is 10.9. The number of alkyl halides is 5. The number of hydrogen-bond acceptors (Lipinski definition) is 1. The third kappa shape index (κ3) is 3.56. The summed E-state index contributed by atoms with van der Waals surface area (Å²) in [4.78, 5) is 0. The largest absolute Gasteiger partial charge is 0.476 e. The summed E-state index contributed by atoms with van der Waals surface area (Å²) in [5.74, 6) is 0. The molecular weight excluding hydrogens is 324 g/mol. The molecule has 0 amide bonds. The van der Waals surface area contributed by atoms with E-state index in [1.165, 1.54) is 0 Å². The summed E-state index contributed by atoms with van der Waals surface area (Å²) in [6.45, 7) is 0. The third-order valence-electron chi connectivity index (χ3n) is 0.696. The van der Waals surface area contributed by atoms with Gasteiger partial charge in [0.1, 0.15) is 0 Å². The summed E-state index contributed by atoms with van der Waals surface area (Å²) in [5.41, 5.74) is 0. The molecule has 0 heterocycles. The predicted octanol–water partition coefficient (Wildman–Crippen LogP) is 3.66. The molecule has 0 fully saturated rings. The first-order valence-electron chi connectivity index (χ1n) is 2.42. The maximum Gasteiger partial charge on any atom is 0.476 e. The fourth-order valence-electron chi connectivity index (χ4n) is 0.209. The number of rotatable bonds is 3. The molecule has 0 aromatic rings. The molecule has 13 heavy (non-hydrogen) atoms. The number of halogens is 8. The van der Waals surface area contributed by atoms with Gasteiger partial charge in [-0.1, -0.05) is 0 Å². The molecule has 78 valence electrons. The van der Waals surface area contributed by atoms with Gasteiger partial charge in [0, 0.05) is 22.6 Å². The van der Waals surface area contributed by atoms with Crippen LogP contribution in [0.3, 0.4) is 0 Å². The van der Waals surface area contributed by atoms with Crippen molar-refractivity contribution in [1.82, 2.24) is 0 Å². The van der Waals surface area contributed by atoms with Crippen molar-refractivity contribution in [3.63, 3.8) is 0 Å². The van der Waals surface area contributed by atoms with Crippen LogP contribution in [0.2, 0.25) is 0 Å². The highest BCUT2D eigenvalue weighted by molar-refractivity contribution is 14.1. The van der Waals surface area contributed by atoms with E-state index in [1.54, 1.807) is 0 Å². The van der Waals surface area contributed by atoms with Crippen LogP contribution in [-0.2, 0) is 4.74 Å². The standard InChI is InChI=1S/C4F7IO/c5-1(6)2(7)13-4(10,11)3(8,9)12. The smallest absolute Gasteiger partial charge is 0.397 e. The van der Waals surface area contributed by atoms with Crippen LogP contribution in [-0.4, -0.2) is 10.0 Å². The van der Waals surface area contributed by atoms with E-state index in [2.05, 4.69) is 4.74 Å². The first kappa shape index (κ1) is 12.8. The first-order valence-corrected chi connectivity index (χ1v) is 3.50. The van der Waals surface area contributed by atoms with Crippen LogP contribution in [0, 0.1) is 0 Å². The van der Waals surface area contributed by atoms with Crippen molar-refractivity contribution in [3.05, 3.63) is 12.1 Å². The van der Waals surface area contributed by atoms with Crippen molar-refractivity contribution in [2.75, 3.05) is 0 Å². The van der Waals surface area contributed by atoms with E-state index in [4.69, 9.17) is 0 Å². The minimum atomic E-state index is -5.32. The van der Waals surface area contributed by atoms with Gasteiger partial charge in [-0.15, -0.1) is 0 Å². The quantitative estimate of drug-likeness (QED) is 0.333. The van der Waals surface area contributed by atoms with Crippen molar-refractivity contribution in [1.29, 1.82) is 0 Å². The zero-order valence-electron chi connectivity index (χ0n) is 5.43. The van der Waals surface area contributed by atoms with E-state index in [1.807, 2.05) is 0 Å². The Kier molecular flexibility index (Phi) is 3.82. The van der Waals surface area contributed by atoms with Crippen LogP contribution >= 0.6 is 22.6 Å². The fourth-order valence-corrected chi connectivity index (χ4v) is 0.319. The van der Waals surface area contributed by atoms with Gasteiger partial charge in [-0.3, -0.25) is 0 Å². The summed E-state index contributed by atoms with van der Waals surface area (Å²) >= 11 is -0.0664. The molecule has 0 rings (SSSR count). The van der Waals surface area contributed by atoms with Gasteiger partial charge in [0.05, 0.1) is 0 Å². The van der Waals surface area contributed by atoms with Gasteiger partial charge in [0.25, 0.3) is 0 Å². The minimum absolute atomic E-state index is 0.0664. The predicted molar refractivity (Wildman–Crippen MR) is 35.3 cm³/mol. The molecule has 0 aromatic carbocycles. The van der Waals surface area contributed by atoms with Crippen molar-refractivity contribution in [2.45, 2.75) is 10.0 Å². The molecular formula is C4F7IO. The van der Waals surface area contributed by atoms with Crippen LogP contribution in [0.1, 0.15) is 0 Å². The molecule has 0 unspecified atom stereocenters. The van der Waals surface area contributed by atoms with Gasteiger partial charge < -0.3 is 4.74 Å². The summed E-state index contributed by atoms with van der Waals surface area (Å²) < 4.78 is 79.1. The monoisotopic (exact) mass is 324 g/mol. The molecule has 0 aliphatic heterocycles. The Morgan fingerprint density at radius 1 is 1.00 bits per heavy atom. The second-order valence-electron chi connectivity index (χ2n) is 1.65. The minimum Gasteiger partial charge on any atom is -0.397 e. The van der Waals surface area contributed by atoms with Gasteiger partial charge >= 0.3 is 22.1 Å². The van der Waals surface area contributed by atoms with E-state index in [-0.39, 0.29) is 22.6 Å². The van der Waals surface area contributed by atoms with E-state index < -0.39 is 22.1 Å². The first-order chi connectivity index (χ1) is 5.58. The highest BCUT2D eigenvalue weighted by Gasteiger charge is 2.58. The highest BCUT2D eigenvalue weighted by atomic mass is 127. The maximum atomic E-state index is 12.0. The van der Waals surface area contributed by atoms with Crippen molar-refractivity contribution >= 4 is 22.6 Å². The number of ether oxygens (including phenoxy) is 1. The van der Waals surface area contributed by atoms with Crippen molar-refractivity contribution in [3.8, 4) is 0 Å². The average Bonchev–Trinajstić information content (AvgIpc) is 1.83. The maximum absolute atomic E-state index is 12.0. The Morgan fingerprint density at radius 2 is 1.38 bits per heavy atom. The van der Waals surface area contributed by atoms with Crippen LogP contribution in [0.25, 0.3) is 0 Å². The third-order valence-corrected chi connectivity index (χ3v) is 1.32. The Balaban J connectivity index is 4.63. The van der Waals surface area contributed by atoms with E-state index in [0.29, 0.717) is 0 Å². The lowest BCUT2D eigenvalue weighted by Gasteiger charge is -2.20. The van der Waals surface area contributed by atoms with Crippen LogP contribution in [0.4, 0.5) is 30.7 Å². The van der Waals surface area contributed by atoms with Crippen LogP contribution in [0.5, 0.6) is 0 Å². The van der Waals surface area contributed by atoms with Crippen molar-refractivity contribution < 1.29 is 35.5 Å². The van der Waals surface area contributed by atoms with E-state index in [0.717, 1.165) is 0 Å². The molecule has 0 bridgehead atoms. The van der Waals surface area contributed by atoms with Gasteiger partial charge in [0.15, 0.2) is 0 Å². The van der Waals surface area contributed by atoms with Crippen LogP contribution in [0.15, 0.2) is 12.1 Å². The topological polar surface area (TPSA) is 9.23 Å². The summed E-state index contributed by atoms with van der Waals surface area (Å²) in [5, 5.41) is 0. The van der Waals surface area contributed by atoms with Gasteiger partial charge in [-0.05, 0) is 0 Å². The molecule has 0 saturated carbocycles. The molecule has 0 radical (unpaired) electrons.